The van der Waals surface area contributed by atoms with Crippen molar-refractivity contribution >= 4 is 28.7 Å². The van der Waals surface area contributed by atoms with Crippen molar-refractivity contribution in [2.24, 2.45) is 17.6 Å². The van der Waals surface area contributed by atoms with Crippen molar-refractivity contribution in [2.45, 2.75) is 84.2 Å². The van der Waals surface area contributed by atoms with Crippen molar-refractivity contribution in [1.29, 1.82) is 0 Å². The number of benzene rings is 1. The average Bonchev–Trinajstić information content (AvgIpc) is 3.47. The zero-order chi connectivity index (χ0) is 27.4. The highest BCUT2D eigenvalue weighted by Gasteiger charge is 2.37. The van der Waals surface area contributed by atoms with Gasteiger partial charge in [-0.1, -0.05) is 51.3 Å². The number of nitrogens with two attached hydrogens (primary N) is 1. The molecule has 5 N–H and O–H groups in total. The Kier molecular flexibility index (Phi) is 8.66. The Morgan fingerprint density at radius 3 is 2.53 bits per heavy atom. The third-order valence-corrected chi connectivity index (χ3v) is 7.56. The molecule has 0 saturated heterocycles. The SMILES string of the molecule is Cc1[nH]c([C@@H](Cc2c[nH]c3ccccc23)N(C(=O)CC2CCCCC2)C(=O)[C@@H](N)CC(C)C)nc1C(=O)O. The minimum Gasteiger partial charge on any atom is -0.476 e. The summed E-state index contributed by atoms with van der Waals surface area (Å²) in [6.07, 6.45) is 8.08. The molecule has 0 unspecified atom stereocenters. The summed E-state index contributed by atoms with van der Waals surface area (Å²) in [6, 6.07) is 6.12. The first-order chi connectivity index (χ1) is 18.2. The standard InChI is InChI=1S/C29H39N5O4/c1-17(2)13-22(30)28(36)34(25(35)14-19-9-5-4-6-10-19)24(27-32-18(3)26(33-27)29(37)38)15-20-16-31-23-12-8-7-11-21(20)23/h7-8,11-12,16-17,19,22,24,31H,4-6,9-10,13-15,30H2,1-3H3,(H,32,33)(H,37,38)/t22-,24+/m0/s1. The molecule has 0 spiro atoms. The molecule has 1 aliphatic carbocycles. The Hall–Kier alpha value is -3.46. The summed E-state index contributed by atoms with van der Waals surface area (Å²) in [7, 11) is 0. The summed E-state index contributed by atoms with van der Waals surface area (Å²) in [5, 5.41) is 10.6. The largest absolute Gasteiger partial charge is 0.476 e. The van der Waals surface area contributed by atoms with Crippen molar-refractivity contribution < 1.29 is 19.5 Å². The van der Waals surface area contributed by atoms with Crippen molar-refractivity contribution in [3.05, 3.63) is 53.2 Å². The van der Waals surface area contributed by atoms with Gasteiger partial charge in [0.2, 0.25) is 11.8 Å². The van der Waals surface area contributed by atoms with Crippen LogP contribution < -0.4 is 5.73 Å². The molecule has 0 radical (unpaired) electrons. The Balaban J connectivity index is 1.78. The van der Waals surface area contributed by atoms with Crippen LogP contribution in [0.25, 0.3) is 10.9 Å². The van der Waals surface area contributed by atoms with Crippen LogP contribution in [0.3, 0.4) is 0 Å². The monoisotopic (exact) mass is 521 g/mol. The first-order valence-corrected chi connectivity index (χ1v) is 13.6. The molecule has 38 heavy (non-hydrogen) atoms. The van der Waals surface area contributed by atoms with Crippen LogP contribution >= 0.6 is 0 Å². The van der Waals surface area contributed by atoms with Gasteiger partial charge in [-0.25, -0.2) is 9.78 Å². The Bertz CT molecular complexity index is 1290. The number of aromatic amines is 2. The zero-order valence-electron chi connectivity index (χ0n) is 22.5. The van der Waals surface area contributed by atoms with Crippen LogP contribution in [0.15, 0.2) is 30.5 Å². The molecule has 4 rings (SSSR count). The zero-order valence-corrected chi connectivity index (χ0v) is 22.5. The summed E-state index contributed by atoms with van der Waals surface area (Å²) < 4.78 is 0. The van der Waals surface area contributed by atoms with E-state index < -0.39 is 24.0 Å². The van der Waals surface area contributed by atoms with Gasteiger partial charge in [0.25, 0.3) is 0 Å². The topological polar surface area (TPSA) is 145 Å². The number of hydrogen-bond acceptors (Lipinski definition) is 5. The smallest absolute Gasteiger partial charge is 0.356 e. The number of nitrogens with zero attached hydrogens (tertiary/aromatic N) is 2. The predicted molar refractivity (Wildman–Crippen MR) is 146 cm³/mol. The maximum Gasteiger partial charge on any atom is 0.356 e. The van der Waals surface area contributed by atoms with E-state index in [1.54, 1.807) is 6.92 Å². The number of carboxylic acid groups (broad SMARTS) is 1. The fourth-order valence-electron chi connectivity index (χ4n) is 5.64. The molecule has 1 aliphatic rings. The molecule has 0 aliphatic heterocycles. The number of carboxylic acids is 1. The van der Waals surface area contributed by atoms with Crippen molar-refractivity contribution in [3.63, 3.8) is 0 Å². The molecule has 9 heteroatoms. The lowest BCUT2D eigenvalue weighted by molar-refractivity contribution is -0.150. The minimum absolute atomic E-state index is 0.123. The van der Waals surface area contributed by atoms with E-state index in [1.807, 2.05) is 44.3 Å². The predicted octanol–water partition coefficient (Wildman–Crippen LogP) is 4.88. The molecule has 1 saturated carbocycles. The van der Waals surface area contributed by atoms with E-state index >= 15 is 0 Å². The molecular formula is C29H39N5O4. The summed E-state index contributed by atoms with van der Waals surface area (Å²) in [4.78, 5) is 51.7. The second kappa shape index (κ2) is 11.9. The molecule has 1 aromatic carbocycles. The van der Waals surface area contributed by atoms with Crippen LogP contribution in [0.4, 0.5) is 0 Å². The highest BCUT2D eigenvalue weighted by Crippen LogP contribution is 2.32. The van der Waals surface area contributed by atoms with E-state index in [0.717, 1.165) is 42.1 Å². The number of fused-ring (bicyclic) bond motifs is 1. The fourth-order valence-corrected chi connectivity index (χ4v) is 5.64. The lowest BCUT2D eigenvalue weighted by atomic mass is 9.86. The van der Waals surface area contributed by atoms with Crippen LogP contribution in [0.2, 0.25) is 0 Å². The summed E-state index contributed by atoms with van der Waals surface area (Å²) in [6.45, 7) is 5.60. The van der Waals surface area contributed by atoms with Crippen molar-refractivity contribution in [2.75, 3.05) is 0 Å². The summed E-state index contributed by atoms with van der Waals surface area (Å²) >= 11 is 0. The lowest BCUT2D eigenvalue weighted by Crippen LogP contribution is -2.50. The van der Waals surface area contributed by atoms with Gasteiger partial charge in [-0.15, -0.1) is 0 Å². The maximum atomic E-state index is 14.0. The van der Waals surface area contributed by atoms with Crippen LogP contribution in [0.5, 0.6) is 0 Å². The van der Waals surface area contributed by atoms with Crippen LogP contribution in [0.1, 0.15) is 92.4 Å². The lowest BCUT2D eigenvalue weighted by Gasteiger charge is -2.33. The molecule has 204 valence electrons. The molecule has 2 atom stereocenters. The molecule has 3 aromatic rings. The van der Waals surface area contributed by atoms with Crippen LogP contribution in [-0.4, -0.2) is 48.8 Å². The normalized spacial score (nSPS) is 16.0. The number of aromatic carboxylic acids is 1. The van der Waals surface area contributed by atoms with Gasteiger partial charge in [-0.2, -0.15) is 0 Å². The number of hydrogen-bond donors (Lipinski definition) is 4. The van der Waals surface area contributed by atoms with Gasteiger partial charge >= 0.3 is 5.97 Å². The van der Waals surface area contributed by atoms with Gasteiger partial charge in [0, 0.05) is 35.6 Å². The van der Waals surface area contributed by atoms with E-state index in [-0.39, 0.29) is 42.1 Å². The molecule has 2 amide bonds. The molecular weight excluding hydrogens is 482 g/mol. The first kappa shape index (κ1) is 27.6. The van der Waals surface area contributed by atoms with E-state index in [0.29, 0.717) is 12.1 Å². The summed E-state index contributed by atoms with van der Waals surface area (Å²) in [5.74, 6) is -1.24. The Labute approximate surface area is 223 Å². The Morgan fingerprint density at radius 1 is 1.16 bits per heavy atom. The number of imide groups is 1. The Morgan fingerprint density at radius 2 is 1.87 bits per heavy atom. The van der Waals surface area contributed by atoms with E-state index in [9.17, 15) is 19.5 Å². The van der Waals surface area contributed by atoms with Gasteiger partial charge in [0.05, 0.1) is 6.04 Å². The molecule has 9 nitrogen and oxygen atoms in total. The van der Waals surface area contributed by atoms with Gasteiger partial charge < -0.3 is 20.8 Å². The van der Waals surface area contributed by atoms with Gasteiger partial charge in [-0.3, -0.25) is 14.5 Å². The van der Waals surface area contributed by atoms with E-state index in [4.69, 9.17) is 5.73 Å². The number of H-pyrrole nitrogens is 2. The van der Waals surface area contributed by atoms with Gasteiger partial charge in [0.15, 0.2) is 5.69 Å². The van der Waals surface area contributed by atoms with Crippen molar-refractivity contribution in [1.82, 2.24) is 19.9 Å². The van der Waals surface area contributed by atoms with Gasteiger partial charge in [0.1, 0.15) is 11.9 Å². The van der Waals surface area contributed by atoms with Gasteiger partial charge in [-0.05, 0) is 49.7 Å². The van der Waals surface area contributed by atoms with E-state index in [2.05, 4.69) is 15.0 Å². The third kappa shape index (κ3) is 6.15. The second-order valence-corrected chi connectivity index (χ2v) is 11.0. The number of aryl methyl sites for hydroxylation is 1. The number of carbonyl (C=O) groups excluding carboxylic acids is 2. The number of para-hydroxylation sites is 1. The number of nitrogens with one attached hydrogen (secondary N) is 2. The number of imidazole rings is 1. The number of aromatic nitrogens is 3. The number of amides is 2. The molecule has 2 heterocycles. The maximum absolute atomic E-state index is 14.0. The van der Waals surface area contributed by atoms with Crippen LogP contribution in [0, 0.1) is 18.8 Å². The van der Waals surface area contributed by atoms with Crippen LogP contribution in [-0.2, 0) is 16.0 Å². The first-order valence-electron chi connectivity index (χ1n) is 13.6. The highest BCUT2D eigenvalue weighted by molar-refractivity contribution is 5.98. The van der Waals surface area contributed by atoms with E-state index in [1.165, 1.54) is 11.3 Å². The molecule has 1 fully saturated rings. The summed E-state index contributed by atoms with van der Waals surface area (Å²) in [5.41, 5.74) is 8.46. The average molecular weight is 522 g/mol. The highest BCUT2D eigenvalue weighted by atomic mass is 16.4. The fraction of sp³-hybridized carbons (Fsp3) is 0.517. The molecule has 2 aromatic heterocycles. The second-order valence-electron chi connectivity index (χ2n) is 11.0. The quantitative estimate of drug-likeness (QED) is 0.299. The minimum atomic E-state index is -1.17. The molecule has 0 bridgehead atoms. The number of rotatable bonds is 10. The number of carbonyl (C=O) groups is 3. The van der Waals surface area contributed by atoms with Crippen molar-refractivity contribution in [3.8, 4) is 0 Å². The third-order valence-electron chi connectivity index (χ3n) is 7.56.